The third-order valence-electron chi connectivity index (χ3n) is 0.238. The summed E-state index contributed by atoms with van der Waals surface area (Å²) in [5, 5.41) is 0. The van der Waals surface area contributed by atoms with E-state index in [9.17, 15) is 18.9 Å². The van der Waals surface area contributed by atoms with Gasteiger partial charge in [-0.2, -0.15) is 0 Å². The molecular formula is C2H6CdCl2O5P2. The van der Waals surface area contributed by atoms with Crippen molar-refractivity contribution in [2.75, 3.05) is 11.8 Å². The van der Waals surface area contributed by atoms with E-state index >= 15 is 0 Å². The quantitative estimate of drug-likeness (QED) is 0.403. The van der Waals surface area contributed by atoms with Crippen LogP contribution in [0.3, 0.4) is 0 Å². The fourth-order valence-corrected chi connectivity index (χ4v) is 0.612. The fraction of sp³-hybridized carbons (Fsp3) is 1.00. The maximum atomic E-state index is 9.29. The maximum absolute atomic E-state index is 9.29. The van der Waals surface area contributed by atoms with Crippen molar-refractivity contribution in [1.29, 1.82) is 0 Å². The Kier molecular flexibility index (Phi) is 24.8. The maximum Gasteiger partial charge on any atom is 2.00 e. The first-order chi connectivity index (χ1) is 5.04. The largest absolute Gasteiger partial charge is 2.00 e. The normalized spacial score (nSPS) is 13.3. The summed E-state index contributed by atoms with van der Waals surface area (Å²) in [4.78, 5) is 18.6. The molecule has 0 saturated carbocycles. The number of hydrogen-bond donors (Lipinski definition) is 0. The topological polar surface area (TPSA) is 89.5 Å². The van der Waals surface area contributed by atoms with Crippen LogP contribution in [0.15, 0.2) is 0 Å². The summed E-state index contributed by atoms with van der Waals surface area (Å²) < 4.78 is 21.8. The predicted octanol–water partition coefficient (Wildman–Crippen LogP) is -0.0355. The molecule has 0 aromatic rings. The fourth-order valence-electron chi connectivity index (χ4n) is 0.0680. The van der Waals surface area contributed by atoms with Gasteiger partial charge in [-0.25, -0.2) is 0 Å². The Bertz CT molecular complexity index is 121. The Morgan fingerprint density at radius 3 is 1.33 bits per heavy atom. The van der Waals surface area contributed by atoms with Gasteiger partial charge < -0.3 is 18.9 Å². The first-order valence-electron chi connectivity index (χ1n) is 2.26. The molecule has 5 nitrogen and oxygen atoms in total. The molecule has 0 aromatic carbocycles. The third kappa shape index (κ3) is 29.7. The predicted molar refractivity (Wildman–Crippen MR) is 40.5 cm³/mol. The molecule has 0 bridgehead atoms. The second-order valence-electron chi connectivity index (χ2n) is 0.980. The number of hydrogen-bond acceptors (Lipinski definition) is 5. The third-order valence-corrected chi connectivity index (χ3v) is 2.14. The van der Waals surface area contributed by atoms with Crippen LogP contribution in [0.5, 0.6) is 0 Å². The van der Waals surface area contributed by atoms with E-state index in [1.165, 1.54) is 0 Å². The van der Waals surface area contributed by atoms with E-state index in [1.807, 2.05) is 0 Å². The molecule has 10 heteroatoms. The molecule has 0 spiro atoms. The first kappa shape index (κ1) is 19.4. The van der Waals surface area contributed by atoms with Crippen LogP contribution in [0.25, 0.3) is 0 Å². The molecule has 0 N–H and O–H groups in total. The van der Waals surface area contributed by atoms with E-state index in [4.69, 9.17) is 23.2 Å². The van der Waals surface area contributed by atoms with E-state index in [0.29, 0.717) is 11.8 Å². The Labute approximate surface area is 101 Å². The van der Waals surface area contributed by atoms with Crippen LogP contribution >= 0.6 is 39.7 Å². The molecule has 0 fully saturated rings. The van der Waals surface area contributed by atoms with Crippen molar-refractivity contribution in [2.45, 2.75) is 0 Å². The second-order valence-corrected chi connectivity index (χ2v) is 3.55. The van der Waals surface area contributed by atoms with Crippen LogP contribution in [0.2, 0.25) is 0 Å². The zero-order valence-electron chi connectivity index (χ0n) is 5.92. The molecule has 0 aromatic heterocycles. The van der Waals surface area contributed by atoms with E-state index in [2.05, 4.69) is 4.31 Å². The average Bonchev–Trinajstić information content (AvgIpc) is 1.85. The molecule has 0 amide bonds. The monoisotopic (exact) mass is 356 g/mol. The van der Waals surface area contributed by atoms with Gasteiger partial charge in [0.2, 0.25) is 0 Å². The van der Waals surface area contributed by atoms with E-state index in [0.717, 1.165) is 0 Å². The molecule has 0 rings (SSSR count). The van der Waals surface area contributed by atoms with Crippen molar-refractivity contribution >= 4 is 39.7 Å². The zero-order valence-corrected chi connectivity index (χ0v) is 13.5. The SMILES string of the molecule is ClCCCl.O=[PH]([O-])O[PH](=O)[O-].[Cd+2]. The van der Waals surface area contributed by atoms with Gasteiger partial charge in [-0.1, -0.05) is 0 Å². The molecule has 2 atom stereocenters. The minimum atomic E-state index is -3.51. The molecule has 0 radical (unpaired) electrons. The Morgan fingerprint density at radius 1 is 1.08 bits per heavy atom. The smallest absolute Gasteiger partial charge is 0.781 e. The summed E-state index contributed by atoms with van der Waals surface area (Å²) in [5.74, 6) is 1.11. The Morgan fingerprint density at radius 2 is 1.33 bits per heavy atom. The summed E-state index contributed by atoms with van der Waals surface area (Å²) in [6.07, 6.45) is 0. The number of alkyl halides is 2. The van der Waals surface area contributed by atoms with Gasteiger partial charge in [0.1, 0.15) is 16.5 Å². The van der Waals surface area contributed by atoms with Crippen LogP contribution in [0.4, 0.5) is 0 Å². The summed E-state index contributed by atoms with van der Waals surface area (Å²) in [7, 11) is -7.03. The Balaban J connectivity index is -0.000000142. The minimum Gasteiger partial charge on any atom is -0.781 e. The molecule has 70 valence electrons. The van der Waals surface area contributed by atoms with Gasteiger partial charge in [-0.15, -0.1) is 23.2 Å². The van der Waals surface area contributed by atoms with Crippen LogP contribution in [-0.4, -0.2) is 11.8 Å². The molecule has 0 saturated heterocycles. The van der Waals surface area contributed by atoms with E-state index in [1.54, 1.807) is 0 Å². The van der Waals surface area contributed by atoms with Gasteiger partial charge in [0.25, 0.3) is 0 Å². The van der Waals surface area contributed by atoms with E-state index < -0.39 is 16.5 Å². The Hall–Kier alpha value is 1.84. The van der Waals surface area contributed by atoms with Crippen molar-refractivity contribution in [3.63, 3.8) is 0 Å². The minimum absolute atomic E-state index is 0. The molecular weight excluding hydrogens is 349 g/mol. The second kappa shape index (κ2) is 15.3. The molecule has 2 unspecified atom stereocenters. The van der Waals surface area contributed by atoms with Gasteiger partial charge in [0.05, 0.1) is 0 Å². The summed E-state index contributed by atoms with van der Waals surface area (Å²) >= 11 is 10.1. The average molecular weight is 355 g/mol. The first-order valence-corrected chi connectivity index (χ1v) is 5.78. The van der Waals surface area contributed by atoms with Crippen molar-refractivity contribution in [2.24, 2.45) is 0 Å². The van der Waals surface area contributed by atoms with Crippen LogP contribution in [0, 0.1) is 0 Å². The van der Waals surface area contributed by atoms with Gasteiger partial charge in [-0.3, -0.25) is 4.31 Å². The zero-order chi connectivity index (χ0) is 9.28. The number of halogens is 2. The van der Waals surface area contributed by atoms with Crippen molar-refractivity contribution in [3.05, 3.63) is 0 Å². The van der Waals surface area contributed by atoms with Gasteiger partial charge in [0, 0.05) is 11.8 Å². The summed E-state index contributed by atoms with van der Waals surface area (Å²) in [6.45, 7) is 0. The molecule has 12 heavy (non-hydrogen) atoms. The van der Waals surface area contributed by atoms with Gasteiger partial charge in [0.15, 0.2) is 0 Å². The number of rotatable bonds is 3. The summed E-state index contributed by atoms with van der Waals surface area (Å²) in [6, 6.07) is 0. The van der Waals surface area contributed by atoms with Gasteiger partial charge >= 0.3 is 27.3 Å². The van der Waals surface area contributed by atoms with Crippen LogP contribution < -0.4 is 9.79 Å². The van der Waals surface area contributed by atoms with Crippen LogP contribution in [-0.2, 0) is 40.7 Å². The van der Waals surface area contributed by atoms with Crippen molar-refractivity contribution < 1.29 is 50.5 Å². The summed E-state index contributed by atoms with van der Waals surface area (Å²) in [5.41, 5.74) is 0. The van der Waals surface area contributed by atoms with Gasteiger partial charge in [-0.05, 0) is 0 Å². The molecule has 0 aliphatic heterocycles. The standard InChI is InChI=1S/C2H4Cl2.Cd.H4O5P2/c3-1-2-4;;1-6(2)5-7(3)4/h1-2H2;;6-7H,(H,1,2)(H,3,4)/q;+2;/p-2. The van der Waals surface area contributed by atoms with Crippen molar-refractivity contribution in [1.82, 2.24) is 0 Å². The van der Waals surface area contributed by atoms with Crippen LogP contribution in [0.1, 0.15) is 0 Å². The molecule has 0 aliphatic rings. The van der Waals surface area contributed by atoms with E-state index in [-0.39, 0.29) is 27.3 Å². The van der Waals surface area contributed by atoms with Crippen molar-refractivity contribution in [3.8, 4) is 0 Å². The molecule has 0 heterocycles. The molecule has 0 aliphatic carbocycles.